The average molecular weight is 526 g/mol. The molecule has 3 aliphatic rings. The molecule has 3 aliphatic carbocycles. The molecule has 4 heteroatoms. The number of hydrogen-bond donors (Lipinski definition) is 2. The highest BCUT2D eigenvalue weighted by Crippen LogP contribution is 2.62. The van der Waals surface area contributed by atoms with Gasteiger partial charge in [0.05, 0.1) is 6.10 Å². The van der Waals surface area contributed by atoms with Gasteiger partial charge in [-0.25, -0.2) is 0 Å². The van der Waals surface area contributed by atoms with Crippen LogP contribution in [-0.2, 0) is 11.2 Å². The number of amides is 1. The lowest BCUT2D eigenvalue weighted by atomic mass is 9.52. The van der Waals surface area contributed by atoms with Crippen LogP contribution in [0, 0.1) is 23.2 Å². The maximum atomic E-state index is 12.2. The molecule has 1 aromatic rings. The number of phenols is 1. The fourth-order valence-corrected chi connectivity index (χ4v) is 8.49. The second-order valence-corrected chi connectivity index (χ2v) is 13.3. The first-order valence-electron chi connectivity index (χ1n) is 16.1. The molecule has 2 saturated carbocycles. The monoisotopic (exact) mass is 525 g/mol. The van der Waals surface area contributed by atoms with Gasteiger partial charge in [0.2, 0.25) is 5.91 Å². The van der Waals surface area contributed by atoms with Gasteiger partial charge in [-0.05, 0) is 104 Å². The molecule has 214 valence electrons. The fraction of sp³-hybridized carbons (Fsp3) is 0.794. The van der Waals surface area contributed by atoms with E-state index < -0.39 is 0 Å². The molecule has 0 radical (unpaired) electrons. The van der Waals surface area contributed by atoms with Crippen molar-refractivity contribution in [3.63, 3.8) is 0 Å². The van der Waals surface area contributed by atoms with E-state index in [0.717, 1.165) is 45.1 Å². The number of fused-ring (bicyclic) bond motifs is 5. The Labute approximate surface area is 232 Å². The zero-order valence-electron chi connectivity index (χ0n) is 24.6. The molecule has 1 amide bonds. The molecular weight excluding hydrogens is 470 g/mol. The maximum absolute atomic E-state index is 12.2. The van der Waals surface area contributed by atoms with Crippen LogP contribution in [-0.4, -0.2) is 40.7 Å². The quantitative estimate of drug-likeness (QED) is 0.242. The van der Waals surface area contributed by atoms with Gasteiger partial charge < -0.3 is 15.1 Å². The Balaban J connectivity index is 1.19. The minimum atomic E-state index is -0.129. The minimum Gasteiger partial charge on any atom is -0.508 e. The lowest BCUT2D eigenvalue weighted by molar-refractivity contribution is -0.130. The number of phenolic OH excluding ortho intramolecular Hbond substituents is 1. The Morgan fingerprint density at radius 1 is 1.00 bits per heavy atom. The van der Waals surface area contributed by atoms with Gasteiger partial charge in [-0.15, -0.1) is 0 Å². The van der Waals surface area contributed by atoms with Gasteiger partial charge in [-0.1, -0.05) is 71.3 Å². The van der Waals surface area contributed by atoms with Gasteiger partial charge in [-0.2, -0.15) is 0 Å². The summed E-state index contributed by atoms with van der Waals surface area (Å²) >= 11 is 0. The standard InChI is InChI=1S/C34H55NO3/c1-4-5-22-35(3)32(38)15-13-11-9-7-6-8-10-12-14-25-23-26-24-27(36)16-17-28(26)29-20-21-34(2)30(33(25)29)18-19-31(34)37/h16-17,24-25,29-31,33,36-37H,4-15,18-23H2,1-3H3/t25-,29-,30+,31?,33-,34+/m1/s1. The molecule has 0 saturated heterocycles. The smallest absolute Gasteiger partial charge is 0.222 e. The Morgan fingerprint density at radius 3 is 2.45 bits per heavy atom. The van der Waals surface area contributed by atoms with E-state index in [-0.39, 0.29) is 11.5 Å². The highest BCUT2D eigenvalue weighted by Gasteiger charge is 2.56. The van der Waals surface area contributed by atoms with E-state index in [9.17, 15) is 15.0 Å². The van der Waals surface area contributed by atoms with Gasteiger partial charge in [-0.3, -0.25) is 4.79 Å². The summed E-state index contributed by atoms with van der Waals surface area (Å²) in [5.74, 6) is 3.33. The van der Waals surface area contributed by atoms with E-state index in [1.54, 1.807) is 0 Å². The summed E-state index contributed by atoms with van der Waals surface area (Å²) in [6.07, 6.45) is 19.7. The molecule has 1 unspecified atom stereocenters. The first kappa shape index (κ1) is 29.4. The fourth-order valence-electron chi connectivity index (χ4n) is 8.49. The van der Waals surface area contributed by atoms with Gasteiger partial charge in [0, 0.05) is 20.0 Å². The molecule has 0 bridgehead atoms. The summed E-state index contributed by atoms with van der Waals surface area (Å²) in [5.41, 5.74) is 2.97. The Morgan fingerprint density at radius 2 is 1.71 bits per heavy atom. The van der Waals surface area contributed by atoms with Gasteiger partial charge in [0.25, 0.3) is 0 Å². The third kappa shape index (κ3) is 6.77. The number of rotatable bonds is 14. The summed E-state index contributed by atoms with van der Waals surface area (Å²) in [5, 5.41) is 21.1. The van der Waals surface area contributed by atoms with E-state index in [4.69, 9.17) is 0 Å². The first-order valence-corrected chi connectivity index (χ1v) is 16.1. The molecule has 1 aromatic carbocycles. The number of nitrogens with zero attached hydrogens (tertiary/aromatic N) is 1. The molecule has 4 nitrogen and oxygen atoms in total. The van der Waals surface area contributed by atoms with E-state index in [0.29, 0.717) is 41.7 Å². The maximum Gasteiger partial charge on any atom is 0.222 e. The van der Waals surface area contributed by atoms with Gasteiger partial charge >= 0.3 is 0 Å². The lowest BCUT2D eigenvalue weighted by Gasteiger charge is -2.53. The number of carbonyl (C=O) groups excluding carboxylic acids is 1. The van der Waals surface area contributed by atoms with Crippen LogP contribution in [0.25, 0.3) is 0 Å². The normalized spacial score (nSPS) is 29.9. The summed E-state index contributed by atoms with van der Waals surface area (Å²) in [6.45, 7) is 5.44. The molecule has 0 aromatic heterocycles. The predicted octanol–water partition coefficient (Wildman–Crippen LogP) is 7.99. The molecular formula is C34H55NO3. The number of aromatic hydroxyl groups is 1. The van der Waals surface area contributed by atoms with Crippen molar-refractivity contribution in [3.8, 4) is 5.75 Å². The number of benzene rings is 1. The van der Waals surface area contributed by atoms with Crippen molar-refractivity contribution in [2.45, 2.75) is 135 Å². The topological polar surface area (TPSA) is 60.8 Å². The van der Waals surface area contributed by atoms with Crippen molar-refractivity contribution in [1.82, 2.24) is 4.90 Å². The molecule has 38 heavy (non-hydrogen) atoms. The zero-order valence-corrected chi connectivity index (χ0v) is 24.6. The van der Waals surface area contributed by atoms with Crippen LogP contribution in [0.4, 0.5) is 0 Å². The third-order valence-corrected chi connectivity index (χ3v) is 10.8. The number of hydrogen-bond acceptors (Lipinski definition) is 3. The molecule has 2 N–H and O–H groups in total. The van der Waals surface area contributed by atoms with Crippen molar-refractivity contribution >= 4 is 5.91 Å². The largest absolute Gasteiger partial charge is 0.508 e. The van der Waals surface area contributed by atoms with Crippen LogP contribution >= 0.6 is 0 Å². The summed E-state index contributed by atoms with van der Waals surface area (Å²) in [7, 11) is 1.94. The Hall–Kier alpha value is -1.55. The number of aliphatic hydroxyl groups is 1. The molecule has 0 heterocycles. The second kappa shape index (κ2) is 13.7. The van der Waals surface area contributed by atoms with Gasteiger partial charge in [0.15, 0.2) is 0 Å². The SMILES string of the molecule is CCCCN(C)C(=O)CCCCCCCCCC[C@@H]1Cc2cc(O)ccc2[C@H]2CC[C@]3(C)C(O)CC[C@H]3[C@H]12. The van der Waals surface area contributed by atoms with Crippen LogP contribution in [0.15, 0.2) is 18.2 Å². The third-order valence-electron chi connectivity index (χ3n) is 10.8. The number of unbranched alkanes of at least 4 members (excludes halogenated alkanes) is 8. The number of carbonyl (C=O) groups is 1. The summed E-state index contributed by atoms with van der Waals surface area (Å²) in [4.78, 5) is 14.1. The van der Waals surface area contributed by atoms with Crippen LogP contribution < -0.4 is 0 Å². The highest BCUT2D eigenvalue weighted by molar-refractivity contribution is 5.75. The van der Waals surface area contributed by atoms with Crippen LogP contribution in [0.5, 0.6) is 5.75 Å². The van der Waals surface area contributed by atoms with Crippen molar-refractivity contribution in [1.29, 1.82) is 0 Å². The van der Waals surface area contributed by atoms with Crippen LogP contribution in [0.3, 0.4) is 0 Å². The molecule has 2 fully saturated rings. The predicted molar refractivity (Wildman–Crippen MR) is 156 cm³/mol. The Kier molecular flexibility index (Phi) is 10.6. The molecule has 6 atom stereocenters. The number of aliphatic hydroxyl groups excluding tert-OH is 1. The second-order valence-electron chi connectivity index (χ2n) is 13.3. The first-order chi connectivity index (χ1) is 18.3. The zero-order chi connectivity index (χ0) is 27.1. The molecule has 0 spiro atoms. The van der Waals surface area contributed by atoms with Crippen molar-refractivity contribution in [2.24, 2.45) is 23.2 Å². The Bertz CT molecular complexity index is 900. The van der Waals surface area contributed by atoms with Crippen molar-refractivity contribution < 1.29 is 15.0 Å². The van der Waals surface area contributed by atoms with E-state index in [1.807, 2.05) is 24.1 Å². The van der Waals surface area contributed by atoms with Gasteiger partial charge in [0.1, 0.15) is 5.75 Å². The molecule has 0 aliphatic heterocycles. The van der Waals surface area contributed by atoms with E-state index >= 15 is 0 Å². The van der Waals surface area contributed by atoms with Crippen LogP contribution in [0.2, 0.25) is 0 Å². The average Bonchev–Trinajstić information content (AvgIpc) is 3.21. The van der Waals surface area contributed by atoms with Crippen molar-refractivity contribution in [3.05, 3.63) is 29.3 Å². The lowest BCUT2D eigenvalue weighted by Crippen LogP contribution is -2.47. The van der Waals surface area contributed by atoms with E-state index in [1.165, 1.54) is 75.3 Å². The summed E-state index contributed by atoms with van der Waals surface area (Å²) in [6, 6.07) is 6.12. The van der Waals surface area contributed by atoms with E-state index in [2.05, 4.69) is 19.9 Å². The minimum absolute atomic E-state index is 0.101. The molecule has 4 rings (SSSR count). The van der Waals surface area contributed by atoms with Crippen LogP contribution in [0.1, 0.15) is 134 Å². The highest BCUT2D eigenvalue weighted by atomic mass is 16.3. The van der Waals surface area contributed by atoms with Crippen molar-refractivity contribution in [2.75, 3.05) is 13.6 Å². The summed E-state index contributed by atoms with van der Waals surface area (Å²) < 4.78 is 0.